The Labute approximate surface area is 220 Å². The van der Waals surface area contributed by atoms with Gasteiger partial charge in [-0.1, -0.05) is 18.2 Å². The lowest BCUT2D eigenvalue weighted by atomic mass is 9.94. The summed E-state index contributed by atoms with van der Waals surface area (Å²) in [6.45, 7) is 6.68. The number of fused-ring (bicyclic) bond motifs is 1. The predicted octanol–water partition coefficient (Wildman–Crippen LogP) is 4.18. The van der Waals surface area contributed by atoms with Crippen LogP contribution in [-0.2, 0) is 11.2 Å². The van der Waals surface area contributed by atoms with E-state index in [1.54, 1.807) is 49.4 Å². The van der Waals surface area contributed by atoms with Crippen LogP contribution in [0.25, 0.3) is 11.0 Å². The van der Waals surface area contributed by atoms with Crippen LogP contribution in [0.4, 0.5) is 0 Å². The summed E-state index contributed by atoms with van der Waals surface area (Å²) in [6.07, 6.45) is 0.0000968. The molecule has 1 atom stereocenters. The topological polar surface area (TPSA) is 126 Å². The molecule has 0 aliphatic rings. The van der Waals surface area contributed by atoms with Crippen molar-refractivity contribution in [3.05, 3.63) is 88.3 Å². The van der Waals surface area contributed by atoms with Gasteiger partial charge >= 0.3 is 11.7 Å². The van der Waals surface area contributed by atoms with E-state index in [1.165, 1.54) is 0 Å². The molecule has 0 aliphatic carbocycles. The van der Waals surface area contributed by atoms with Crippen LogP contribution >= 0.6 is 0 Å². The van der Waals surface area contributed by atoms with Crippen LogP contribution in [0, 0.1) is 0 Å². The van der Waals surface area contributed by atoms with Crippen LogP contribution in [0.3, 0.4) is 0 Å². The SMILES string of the molecule is CCOC(=O)c1ccc(Oc2ccc(CC(C)(C)NC[C@H](O)COc3cccc4[nH]c(=O)[nH]c34)cc2)cc1. The number of nitrogens with one attached hydrogen (secondary N) is 3. The van der Waals surface area contributed by atoms with Gasteiger partial charge in [-0.15, -0.1) is 0 Å². The summed E-state index contributed by atoms with van der Waals surface area (Å²) in [6, 6.07) is 20.0. The van der Waals surface area contributed by atoms with Crippen LogP contribution < -0.4 is 20.5 Å². The molecule has 1 heterocycles. The Morgan fingerprint density at radius 1 is 1.00 bits per heavy atom. The average Bonchev–Trinajstić information content (AvgIpc) is 3.28. The number of aromatic amines is 2. The van der Waals surface area contributed by atoms with Crippen molar-refractivity contribution >= 4 is 17.0 Å². The van der Waals surface area contributed by atoms with Crippen LogP contribution in [0.2, 0.25) is 0 Å². The fraction of sp³-hybridized carbons (Fsp3) is 0.310. The molecule has 0 amide bonds. The molecule has 9 heteroatoms. The Hall–Kier alpha value is -4.08. The molecule has 0 saturated heterocycles. The molecular weight excluding hydrogens is 486 g/mol. The van der Waals surface area contributed by atoms with Crippen molar-refractivity contribution in [3.8, 4) is 17.2 Å². The first-order valence-electron chi connectivity index (χ1n) is 12.5. The number of esters is 1. The second kappa shape index (κ2) is 12.0. The molecule has 38 heavy (non-hydrogen) atoms. The van der Waals surface area contributed by atoms with Crippen molar-refractivity contribution in [2.45, 2.75) is 38.8 Å². The molecule has 4 N–H and O–H groups in total. The summed E-state index contributed by atoms with van der Waals surface area (Å²) < 4.78 is 16.6. The molecule has 0 fully saturated rings. The molecular formula is C29H33N3O6. The van der Waals surface area contributed by atoms with Gasteiger partial charge < -0.3 is 34.6 Å². The minimum atomic E-state index is -0.735. The second-order valence-electron chi connectivity index (χ2n) is 9.66. The third-order valence-corrected chi connectivity index (χ3v) is 5.93. The summed E-state index contributed by atoms with van der Waals surface area (Å²) in [4.78, 5) is 28.7. The van der Waals surface area contributed by atoms with Crippen molar-refractivity contribution in [2.75, 3.05) is 19.8 Å². The Bertz CT molecular complexity index is 1410. The number of imidazole rings is 1. The molecule has 4 rings (SSSR count). The normalized spacial score (nSPS) is 12.3. The lowest BCUT2D eigenvalue weighted by Crippen LogP contribution is -2.46. The van der Waals surface area contributed by atoms with E-state index >= 15 is 0 Å². The number of aliphatic hydroxyl groups is 1. The van der Waals surface area contributed by atoms with Crippen LogP contribution in [0.5, 0.6) is 17.2 Å². The van der Waals surface area contributed by atoms with Crippen molar-refractivity contribution in [1.29, 1.82) is 0 Å². The van der Waals surface area contributed by atoms with Crippen molar-refractivity contribution in [2.24, 2.45) is 0 Å². The molecule has 0 unspecified atom stereocenters. The molecule has 0 bridgehead atoms. The zero-order valence-electron chi connectivity index (χ0n) is 21.7. The molecule has 200 valence electrons. The maximum atomic E-state index is 11.8. The largest absolute Gasteiger partial charge is 0.489 e. The monoisotopic (exact) mass is 519 g/mol. The van der Waals surface area contributed by atoms with Crippen molar-refractivity contribution in [1.82, 2.24) is 15.3 Å². The first-order valence-corrected chi connectivity index (χ1v) is 12.5. The minimum absolute atomic E-state index is 0.0855. The van der Waals surface area contributed by atoms with E-state index in [0.29, 0.717) is 47.0 Å². The average molecular weight is 520 g/mol. The number of para-hydroxylation sites is 1. The highest BCUT2D eigenvalue weighted by Gasteiger charge is 2.20. The fourth-order valence-electron chi connectivity index (χ4n) is 4.05. The standard InChI is InChI=1S/C29H33N3O6/c1-4-36-27(34)20-10-14-23(15-11-20)38-22-12-8-19(9-13-22)16-29(2,3)30-17-21(33)18-37-25-7-5-6-24-26(25)32-28(35)31-24/h5-15,21,30,33H,4,16-18H2,1-3H3,(H2,31,32,35)/t21-/m0/s1. The van der Waals surface area contributed by atoms with E-state index in [0.717, 1.165) is 12.0 Å². The van der Waals surface area contributed by atoms with Gasteiger partial charge in [0.25, 0.3) is 0 Å². The lowest BCUT2D eigenvalue weighted by molar-refractivity contribution is 0.0526. The van der Waals surface area contributed by atoms with Gasteiger partial charge in [0.1, 0.15) is 35.5 Å². The fourth-order valence-corrected chi connectivity index (χ4v) is 4.05. The van der Waals surface area contributed by atoms with Crippen molar-refractivity contribution in [3.63, 3.8) is 0 Å². The van der Waals surface area contributed by atoms with E-state index in [2.05, 4.69) is 29.1 Å². The molecule has 3 aromatic carbocycles. The number of carbonyl (C=O) groups is 1. The first-order chi connectivity index (χ1) is 18.2. The van der Waals surface area contributed by atoms with E-state index in [-0.39, 0.29) is 23.8 Å². The number of aliphatic hydroxyl groups excluding tert-OH is 1. The Morgan fingerprint density at radius 3 is 2.37 bits per heavy atom. The lowest BCUT2D eigenvalue weighted by Gasteiger charge is -2.28. The molecule has 4 aromatic rings. The van der Waals surface area contributed by atoms with Gasteiger partial charge in [0.2, 0.25) is 0 Å². The van der Waals surface area contributed by atoms with Gasteiger partial charge in [-0.2, -0.15) is 0 Å². The number of carbonyl (C=O) groups excluding carboxylic acids is 1. The van der Waals surface area contributed by atoms with E-state index < -0.39 is 6.10 Å². The number of H-pyrrole nitrogens is 2. The van der Waals surface area contributed by atoms with E-state index in [9.17, 15) is 14.7 Å². The molecule has 0 saturated carbocycles. The maximum absolute atomic E-state index is 11.8. The van der Waals surface area contributed by atoms with Gasteiger partial charge in [0, 0.05) is 12.1 Å². The highest BCUT2D eigenvalue weighted by molar-refractivity contribution is 5.89. The summed E-state index contributed by atoms with van der Waals surface area (Å²) in [5.41, 5.74) is 2.25. The summed E-state index contributed by atoms with van der Waals surface area (Å²) in [7, 11) is 0. The first kappa shape index (κ1) is 27.0. The zero-order chi connectivity index (χ0) is 27.1. The highest BCUT2D eigenvalue weighted by atomic mass is 16.5. The molecule has 9 nitrogen and oxygen atoms in total. The minimum Gasteiger partial charge on any atom is -0.489 e. The molecule has 0 radical (unpaired) electrons. The second-order valence-corrected chi connectivity index (χ2v) is 9.66. The van der Waals surface area contributed by atoms with Gasteiger partial charge in [-0.3, -0.25) is 0 Å². The third-order valence-electron chi connectivity index (χ3n) is 5.93. The number of hydrogen-bond acceptors (Lipinski definition) is 7. The summed E-state index contributed by atoms with van der Waals surface area (Å²) in [5.74, 6) is 1.47. The molecule has 0 aliphatic heterocycles. The number of benzene rings is 3. The highest BCUT2D eigenvalue weighted by Crippen LogP contribution is 2.24. The van der Waals surface area contributed by atoms with Gasteiger partial charge in [-0.25, -0.2) is 9.59 Å². The van der Waals surface area contributed by atoms with Gasteiger partial charge in [0.15, 0.2) is 0 Å². The van der Waals surface area contributed by atoms with Crippen molar-refractivity contribution < 1.29 is 24.1 Å². The Kier molecular flexibility index (Phi) is 8.50. The number of ether oxygens (including phenoxy) is 3. The molecule has 1 aromatic heterocycles. The van der Waals surface area contributed by atoms with E-state index in [1.807, 2.05) is 24.3 Å². The Morgan fingerprint density at radius 2 is 1.68 bits per heavy atom. The van der Waals surface area contributed by atoms with Crippen LogP contribution in [0.15, 0.2) is 71.5 Å². The number of aromatic nitrogens is 2. The zero-order valence-corrected chi connectivity index (χ0v) is 21.7. The Balaban J connectivity index is 1.25. The predicted molar refractivity (Wildman–Crippen MR) is 145 cm³/mol. The molecule has 0 spiro atoms. The van der Waals surface area contributed by atoms with E-state index in [4.69, 9.17) is 14.2 Å². The van der Waals surface area contributed by atoms with Gasteiger partial charge in [-0.05, 0) is 81.3 Å². The van der Waals surface area contributed by atoms with Gasteiger partial charge in [0.05, 0.1) is 17.7 Å². The van der Waals surface area contributed by atoms with Crippen LogP contribution in [-0.4, -0.2) is 52.4 Å². The smallest absolute Gasteiger partial charge is 0.338 e. The summed E-state index contributed by atoms with van der Waals surface area (Å²) in [5, 5.41) is 13.9. The summed E-state index contributed by atoms with van der Waals surface area (Å²) >= 11 is 0. The maximum Gasteiger partial charge on any atom is 0.338 e. The number of β-amino-alcohol motifs (C(OH)–C–C–N with tert-alkyl or cyclic N) is 1. The number of hydrogen-bond donors (Lipinski definition) is 4. The third kappa shape index (κ3) is 7.24. The quantitative estimate of drug-likeness (QED) is 0.207. The van der Waals surface area contributed by atoms with Crippen LogP contribution in [0.1, 0.15) is 36.7 Å². The number of rotatable bonds is 12.